The van der Waals surface area contributed by atoms with Crippen molar-refractivity contribution in [1.29, 1.82) is 0 Å². The maximum absolute atomic E-state index is 5.11. The van der Waals surface area contributed by atoms with E-state index in [1.807, 2.05) is 13.0 Å². The van der Waals surface area contributed by atoms with Crippen LogP contribution in [0.2, 0.25) is 0 Å². The third-order valence-corrected chi connectivity index (χ3v) is 6.20. The highest BCUT2D eigenvalue weighted by atomic mass is 32.1. The Kier molecular flexibility index (Phi) is 4.05. The van der Waals surface area contributed by atoms with Crippen LogP contribution in [0, 0.1) is 6.92 Å². The normalized spacial score (nSPS) is 13.8. The van der Waals surface area contributed by atoms with Crippen molar-refractivity contribution in [2.24, 2.45) is 0 Å². The first-order chi connectivity index (χ1) is 13.3. The van der Waals surface area contributed by atoms with Crippen LogP contribution in [0.1, 0.15) is 28.4 Å². The number of nitrogens with zero attached hydrogens (tertiary/aromatic N) is 3. The first-order valence-corrected chi connectivity index (χ1v) is 9.92. The minimum Gasteiger partial charge on any atom is -0.472 e. The fourth-order valence-corrected chi connectivity index (χ4v) is 4.59. The SMILES string of the molecule is Cc1nc(NCc2ccoc2)sc1-c1ccn(C2Cc3ccccc3C2)n1. The molecule has 4 aromatic rings. The van der Waals surface area contributed by atoms with Crippen molar-refractivity contribution < 1.29 is 4.42 Å². The van der Waals surface area contributed by atoms with Crippen molar-refractivity contribution in [1.82, 2.24) is 14.8 Å². The lowest BCUT2D eigenvalue weighted by Crippen LogP contribution is -2.09. The average Bonchev–Trinajstić information content (AvgIpc) is 3.44. The number of aryl methyl sites for hydroxylation is 1. The summed E-state index contributed by atoms with van der Waals surface area (Å²) < 4.78 is 7.22. The van der Waals surface area contributed by atoms with Crippen LogP contribution in [0.5, 0.6) is 0 Å². The molecule has 1 aliphatic rings. The topological polar surface area (TPSA) is 55.9 Å². The molecule has 1 N–H and O–H groups in total. The predicted octanol–water partition coefficient (Wildman–Crippen LogP) is 4.86. The van der Waals surface area contributed by atoms with Gasteiger partial charge in [0.2, 0.25) is 0 Å². The monoisotopic (exact) mass is 376 g/mol. The van der Waals surface area contributed by atoms with E-state index >= 15 is 0 Å². The van der Waals surface area contributed by atoms with Crippen LogP contribution in [0.25, 0.3) is 10.6 Å². The number of anilines is 1. The molecule has 1 aliphatic carbocycles. The van der Waals surface area contributed by atoms with Gasteiger partial charge in [-0.05, 0) is 43.0 Å². The molecule has 5 rings (SSSR count). The quantitative estimate of drug-likeness (QED) is 0.540. The zero-order valence-electron chi connectivity index (χ0n) is 15.1. The molecule has 0 saturated heterocycles. The van der Waals surface area contributed by atoms with Gasteiger partial charge in [0.1, 0.15) is 5.69 Å². The second-order valence-corrected chi connectivity index (χ2v) is 7.93. The van der Waals surface area contributed by atoms with E-state index in [4.69, 9.17) is 9.52 Å². The lowest BCUT2D eigenvalue weighted by atomic mass is 10.1. The van der Waals surface area contributed by atoms with Crippen LogP contribution in [-0.2, 0) is 19.4 Å². The number of benzene rings is 1. The number of hydrogen-bond donors (Lipinski definition) is 1. The highest BCUT2D eigenvalue weighted by Gasteiger charge is 2.23. The number of aromatic nitrogens is 3. The maximum atomic E-state index is 5.11. The Morgan fingerprint density at radius 3 is 2.74 bits per heavy atom. The van der Waals surface area contributed by atoms with E-state index in [0.29, 0.717) is 12.6 Å². The third-order valence-electron chi connectivity index (χ3n) is 5.06. The van der Waals surface area contributed by atoms with Gasteiger partial charge in [-0.15, -0.1) is 0 Å². The average molecular weight is 376 g/mol. The van der Waals surface area contributed by atoms with E-state index in [9.17, 15) is 0 Å². The molecule has 136 valence electrons. The molecule has 5 nitrogen and oxygen atoms in total. The summed E-state index contributed by atoms with van der Waals surface area (Å²) in [4.78, 5) is 5.78. The van der Waals surface area contributed by atoms with Gasteiger partial charge in [0.15, 0.2) is 5.13 Å². The molecule has 27 heavy (non-hydrogen) atoms. The lowest BCUT2D eigenvalue weighted by Gasteiger charge is -2.09. The molecule has 0 atom stereocenters. The van der Waals surface area contributed by atoms with Crippen LogP contribution in [0.3, 0.4) is 0 Å². The van der Waals surface area contributed by atoms with Crippen molar-refractivity contribution in [3.63, 3.8) is 0 Å². The standard InChI is InChI=1S/C21H20N4OS/c1-14-20(27-21(23-14)22-12-15-7-9-26-13-15)19-6-8-25(24-19)18-10-16-4-2-3-5-17(16)11-18/h2-9,13,18H,10-12H2,1H3,(H,22,23). The Balaban J connectivity index is 1.33. The predicted molar refractivity (Wildman–Crippen MR) is 107 cm³/mol. The molecule has 6 heteroatoms. The van der Waals surface area contributed by atoms with E-state index < -0.39 is 0 Å². The summed E-state index contributed by atoms with van der Waals surface area (Å²) in [6.45, 7) is 2.75. The molecule has 3 heterocycles. The van der Waals surface area contributed by atoms with Crippen LogP contribution >= 0.6 is 11.3 Å². The largest absolute Gasteiger partial charge is 0.472 e. The van der Waals surface area contributed by atoms with E-state index in [1.54, 1.807) is 23.9 Å². The van der Waals surface area contributed by atoms with Gasteiger partial charge in [-0.1, -0.05) is 35.6 Å². The molecular formula is C21H20N4OS. The number of furan rings is 1. The fraction of sp³-hybridized carbons (Fsp3) is 0.238. The lowest BCUT2D eigenvalue weighted by molar-refractivity contribution is 0.476. The summed E-state index contributed by atoms with van der Waals surface area (Å²) in [5.41, 5.74) is 6.00. The van der Waals surface area contributed by atoms with Crippen molar-refractivity contribution >= 4 is 16.5 Å². The number of thiazole rings is 1. The molecule has 0 fully saturated rings. The third kappa shape index (κ3) is 3.17. The number of nitrogens with one attached hydrogen (secondary N) is 1. The second kappa shape index (κ2) is 6.70. The van der Waals surface area contributed by atoms with Gasteiger partial charge in [-0.3, -0.25) is 4.68 Å². The number of rotatable bonds is 5. The zero-order chi connectivity index (χ0) is 18.2. The maximum Gasteiger partial charge on any atom is 0.183 e. The molecule has 3 aromatic heterocycles. The van der Waals surface area contributed by atoms with Gasteiger partial charge in [0.05, 0.1) is 29.1 Å². The van der Waals surface area contributed by atoms with E-state index in [1.165, 1.54) is 11.1 Å². The molecule has 1 aromatic carbocycles. The van der Waals surface area contributed by atoms with Crippen LogP contribution in [0.4, 0.5) is 5.13 Å². The Morgan fingerprint density at radius 2 is 2.00 bits per heavy atom. The Bertz CT molecular complexity index is 1040. The van der Waals surface area contributed by atoms with Gasteiger partial charge < -0.3 is 9.73 Å². The highest BCUT2D eigenvalue weighted by Crippen LogP contribution is 2.34. The first-order valence-electron chi connectivity index (χ1n) is 9.11. The molecule has 0 saturated carbocycles. The van der Waals surface area contributed by atoms with Crippen LogP contribution in [0.15, 0.2) is 59.5 Å². The molecule has 0 amide bonds. The second-order valence-electron chi connectivity index (χ2n) is 6.93. The molecule has 0 aliphatic heterocycles. The van der Waals surface area contributed by atoms with Gasteiger partial charge in [-0.2, -0.15) is 5.10 Å². The number of hydrogen-bond acceptors (Lipinski definition) is 5. The van der Waals surface area contributed by atoms with Crippen LogP contribution in [-0.4, -0.2) is 14.8 Å². The van der Waals surface area contributed by atoms with Crippen molar-refractivity contribution in [2.75, 3.05) is 5.32 Å². The smallest absolute Gasteiger partial charge is 0.183 e. The zero-order valence-corrected chi connectivity index (χ0v) is 15.9. The summed E-state index contributed by atoms with van der Waals surface area (Å²) in [5.74, 6) is 0. The Hall–Kier alpha value is -2.86. The summed E-state index contributed by atoms with van der Waals surface area (Å²) >= 11 is 1.65. The summed E-state index contributed by atoms with van der Waals surface area (Å²) in [6, 6.07) is 13.2. The highest BCUT2D eigenvalue weighted by molar-refractivity contribution is 7.19. The Morgan fingerprint density at radius 1 is 1.19 bits per heavy atom. The summed E-state index contributed by atoms with van der Waals surface area (Å²) in [7, 11) is 0. The molecule has 0 bridgehead atoms. The van der Waals surface area contributed by atoms with Crippen LogP contribution < -0.4 is 5.32 Å². The van der Waals surface area contributed by atoms with Crippen molar-refractivity contribution in [3.8, 4) is 10.6 Å². The molecular weight excluding hydrogens is 356 g/mol. The first kappa shape index (κ1) is 16.3. The minimum absolute atomic E-state index is 0.406. The van der Waals surface area contributed by atoms with E-state index in [0.717, 1.165) is 39.8 Å². The van der Waals surface area contributed by atoms with Gasteiger partial charge in [0, 0.05) is 18.3 Å². The summed E-state index contributed by atoms with van der Waals surface area (Å²) in [5, 5.41) is 9.15. The molecule has 0 radical (unpaired) electrons. The molecule has 0 spiro atoms. The van der Waals surface area contributed by atoms with Gasteiger partial charge in [-0.25, -0.2) is 4.98 Å². The van der Waals surface area contributed by atoms with Crippen molar-refractivity contribution in [3.05, 3.63) is 77.5 Å². The van der Waals surface area contributed by atoms with E-state index in [-0.39, 0.29) is 0 Å². The summed E-state index contributed by atoms with van der Waals surface area (Å²) in [6.07, 6.45) is 7.63. The van der Waals surface area contributed by atoms with E-state index in [2.05, 4.69) is 51.5 Å². The number of fused-ring (bicyclic) bond motifs is 1. The van der Waals surface area contributed by atoms with Gasteiger partial charge >= 0.3 is 0 Å². The van der Waals surface area contributed by atoms with Crippen molar-refractivity contribution in [2.45, 2.75) is 32.4 Å². The molecule has 0 unspecified atom stereocenters. The Labute approximate surface area is 161 Å². The minimum atomic E-state index is 0.406. The fourth-order valence-electron chi connectivity index (χ4n) is 3.67. The van der Waals surface area contributed by atoms with Gasteiger partial charge in [0.25, 0.3) is 0 Å².